The molecule has 0 saturated heterocycles. The van der Waals surface area contributed by atoms with E-state index in [2.05, 4.69) is 37.1 Å². The summed E-state index contributed by atoms with van der Waals surface area (Å²) < 4.78 is 4.41. The average molecular weight is 318 g/mol. The van der Waals surface area contributed by atoms with E-state index < -0.39 is 0 Å². The van der Waals surface area contributed by atoms with Crippen molar-refractivity contribution in [1.82, 2.24) is 9.36 Å². The fraction of sp³-hybridized carbons (Fsp3) is 0.833. The summed E-state index contributed by atoms with van der Waals surface area (Å²) in [5.74, 6) is 0.986. The van der Waals surface area contributed by atoms with Crippen molar-refractivity contribution in [1.29, 1.82) is 0 Å². The Balaban J connectivity index is 2.09. The minimum absolute atomic E-state index is 0.680. The molecular weight excluding hydrogens is 298 g/mol. The third-order valence-electron chi connectivity index (χ3n) is 3.36. The number of alkyl halides is 1. The van der Waals surface area contributed by atoms with Crippen LogP contribution in [-0.4, -0.2) is 27.3 Å². The van der Waals surface area contributed by atoms with Crippen LogP contribution in [0.5, 0.6) is 0 Å². The molecule has 1 heterocycles. The van der Waals surface area contributed by atoms with Gasteiger partial charge in [0.1, 0.15) is 5.82 Å². The molecule has 1 fully saturated rings. The standard InChI is InChI=1S/C12H20BrN3S/c1-2-11-14-12(17-15-11)16(9-8-13)10-6-4-3-5-7-10/h10H,2-9H2,1H3. The zero-order valence-corrected chi connectivity index (χ0v) is 12.8. The molecule has 0 unspecified atom stereocenters. The van der Waals surface area contributed by atoms with Gasteiger partial charge in [0.05, 0.1) is 0 Å². The normalized spacial score (nSPS) is 17.3. The zero-order chi connectivity index (χ0) is 12.1. The minimum atomic E-state index is 0.680. The third kappa shape index (κ3) is 3.41. The molecule has 2 rings (SSSR count). The van der Waals surface area contributed by atoms with E-state index in [1.807, 2.05) is 0 Å². The Morgan fingerprint density at radius 3 is 2.71 bits per heavy atom. The van der Waals surface area contributed by atoms with Gasteiger partial charge < -0.3 is 4.90 Å². The summed E-state index contributed by atoms with van der Waals surface area (Å²) in [6.07, 6.45) is 7.69. The van der Waals surface area contributed by atoms with Crippen LogP contribution in [0, 0.1) is 0 Å². The van der Waals surface area contributed by atoms with Crippen LogP contribution in [0.1, 0.15) is 44.9 Å². The lowest BCUT2D eigenvalue weighted by Gasteiger charge is -2.33. The van der Waals surface area contributed by atoms with E-state index in [1.54, 1.807) is 11.5 Å². The number of rotatable bonds is 5. The number of hydrogen-bond donors (Lipinski definition) is 0. The third-order valence-corrected chi connectivity index (χ3v) is 4.51. The van der Waals surface area contributed by atoms with Gasteiger partial charge in [-0.2, -0.15) is 4.37 Å². The molecule has 3 nitrogen and oxygen atoms in total. The van der Waals surface area contributed by atoms with Crippen molar-refractivity contribution in [3.8, 4) is 0 Å². The van der Waals surface area contributed by atoms with Gasteiger partial charge in [0.25, 0.3) is 0 Å². The molecule has 5 heteroatoms. The lowest BCUT2D eigenvalue weighted by Crippen LogP contribution is -2.38. The molecule has 1 saturated carbocycles. The molecule has 1 aromatic rings. The molecule has 96 valence electrons. The van der Waals surface area contributed by atoms with Crippen molar-refractivity contribution in [2.24, 2.45) is 0 Å². The molecule has 0 radical (unpaired) electrons. The molecule has 0 N–H and O–H groups in total. The summed E-state index contributed by atoms with van der Waals surface area (Å²) in [7, 11) is 0. The van der Waals surface area contributed by atoms with Crippen LogP contribution in [0.3, 0.4) is 0 Å². The van der Waals surface area contributed by atoms with Gasteiger partial charge in [-0.1, -0.05) is 42.1 Å². The first-order valence-electron chi connectivity index (χ1n) is 6.50. The summed E-state index contributed by atoms with van der Waals surface area (Å²) >= 11 is 5.11. The average Bonchev–Trinajstić information content (AvgIpc) is 2.85. The summed E-state index contributed by atoms with van der Waals surface area (Å²) in [6, 6.07) is 0.680. The maximum absolute atomic E-state index is 4.64. The predicted molar refractivity (Wildman–Crippen MR) is 77.3 cm³/mol. The monoisotopic (exact) mass is 317 g/mol. The lowest BCUT2D eigenvalue weighted by atomic mass is 9.94. The van der Waals surface area contributed by atoms with Gasteiger partial charge in [0.2, 0.25) is 5.13 Å². The Morgan fingerprint density at radius 2 is 2.12 bits per heavy atom. The molecule has 1 aliphatic rings. The molecule has 0 aliphatic heterocycles. The first-order chi connectivity index (χ1) is 8.35. The van der Waals surface area contributed by atoms with Gasteiger partial charge in [-0.15, -0.1) is 0 Å². The molecular formula is C12H20BrN3S. The second-order valence-electron chi connectivity index (χ2n) is 4.52. The zero-order valence-electron chi connectivity index (χ0n) is 10.4. The fourth-order valence-corrected chi connectivity index (χ4v) is 3.65. The Morgan fingerprint density at radius 1 is 1.35 bits per heavy atom. The van der Waals surface area contributed by atoms with Crippen LogP contribution >= 0.6 is 27.5 Å². The second kappa shape index (κ2) is 6.69. The van der Waals surface area contributed by atoms with Crippen LogP contribution in [-0.2, 0) is 6.42 Å². The van der Waals surface area contributed by atoms with E-state index in [0.29, 0.717) is 6.04 Å². The van der Waals surface area contributed by atoms with E-state index >= 15 is 0 Å². The van der Waals surface area contributed by atoms with Gasteiger partial charge in [0, 0.05) is 35.9 Å². The number of nitrogens with zero attached hydrogens (tertiary/aromatic N) is 3. The second-order valence-corrected chi connectivity index (χ2v) is 6.04. The first kappa shape index (κ1) is 13.3. The van der Waals surface area contributed by atoms with Crippen LogP contribution in [0.25, 0.3) is 0 Å². The molecule has 0 atom stereocenters. The Hall–Kier alpha value is -0.160. The molecule has 1 aliphatic carbocycles. The van der Waals surface area contributed by atoms with E-state index in [9.17, 15) is 0 Å². The number of hydrogen-bond acceptors (Lipinski definition) is 4. The SMILES string of the molecule is CCc1nsc(N(CCBr)C2CCCCC2)n1. The predicted octanol–water partition coefficient (Wildman–Crippen LogP) is 3.63. The van der Waals surface area contributed by atoms with Crippen molar-refractivity contribution in [3.63, 3.8) is 0 Å². The number of anilines is 1. The highest BCUT2D eigenvalue weighted by molar-refractivity contribution is 9.09. The highest BCUT2D eigenvalue weighted by Crippen LogP contribution is 2.28. The minimum Gasteiger partial charge on any atom is -0.343 e. The molecule has 0 aromatic carbocycles. The maximum Gasteiger partial charge on any atom is 0.205 e. The van der Waals surface area contributed by atoms with Gasteiger partial charge >= 0.3 is 0 Å². The van der Waals surface area contributed by atoms with Crippen LogP contribution < -0.4 is 4.90 Å². The summed E-state index contributed by atoms with van der Waals surface area (Å²) in [5.41, 5.74) is 0. The van der Waals surface area contributed by atoms with Crippen molar-refractivity contribution >= 4 is 32.6 Å². The lowest BCUT2D eigenvalue weighted by molar-refractivity contribution is 0.418. The van der Waals surface area contributed by atoms with E-state index in [4.69, 9.17) is 0 Å². The van der Waals surface area contributed by atoms with E-state index in [0.717, 1.165) is 29.3 Å². The largest absolute Gasteiger partial charge is 0.343 e. The Labute approximate surface area is 116 Å². The fourth-order valence-electron chi connectivity index (χ4n) is 2.42. The van der Waals surface area contributed by atoms with Gasteiger partial charge in [0.15, 0.2) is 0 Å². The van der Waals surface area contributed by atoms with E-state index in [-0.39, 0.29) is 0 Å². The van der Waals surface area contributed by atoms with Crippen molar-refractivity contribution in [2.75, 3.05) is 16.8 Å². The highest BCUT2D eigenvalue weighted by Gasteiger charge is 2.23. The summed E-state index contributed by atoms with van der Waals surface area (Å²) in [5, 5.41) is 2.12. The van der Waals surface area contributed by atoms with Crippen molar-refractivity contribution < 1.29 is 0 Å². The number of aromatic nitrogens is 2. The van der Waals surface area contributed by atoms with Crippen LogP contribution in [0.2, 0.25) is 0 Å². The van der Waals surface area contributed by atoms with Gasteiger partial charge in [-0.25, -0.2) is 4.98 Å². The Kier molecular flexibility index (Phi) is 5.22. The van der Waals surface area contributed by atoms with Crippen molar-refractivity contribution in [3.05, 3.63) is 5.82 Å². The summed E-state index contributed by atoms with van der Waals surface area (Å²) in [6.45, 7) is 3.16. The van der Waals surface area contributed by atoms with Gasteiger partial charge in [-0.3, -0.25) is 0 Å². The maximum atomic E-state index is 4.64. The van der Waals surface area contributed by atoms with Crippen LogP contribution in [0.15, 0.2) is 0 Å². The van der Waals surface area contributed by atoms with Crippen molar-refractivity contribution in [2.45, 2.75) is 51.5 Å². The Bertz CT molecular complexity index is 336. The van der Waals surface area contributed by atoms with E-state index in [1.165, 1.54) is 32.1 Å². The number of halogens is 1. The molecule has 0 bridgehead atoms. The smallest absolute Gasteiger partial charge is 0.205 e. The van der Waals surface area contributed by atoms with Crippen LogP contribution in [0.4, 0.5) is 5.13 Å². The molecule has 0 amide bonds. The molecule has 17 heavy (non-hydrogen) atoms. The number of aryl methyl sites for hydroxylation is 1. The molecule has 1 aromatic heterocycles. The quantitative estimate of drug-likeness (QED) is 0.776. The molecule has 0 spiro atoms. The first-order valence-corrected chi connectivity index (χ1v) is 8.39. The summed E-state index contributed by atoms with van der Waals surface area (Å²) in [4.78, 5) is 7.10. The highest BCUT2D eigenvalue weighted by atomic mass is 79.9. The topological polar surface area (TPSA) is 29.0 Å². The van der Waals surface area contributed by atoms with Gasteiger partial charge in [-0.05, 0) is 12.8 Å².